The minimum absolute atomic E-state index is 0.221. The zero-order valence-corrected chi connectivity index (χ0v) is 13.5. The highest BCUT2D eigenvalue weighted by Gasteiger charge is 2.11. The monoisotopic (exact) mass is 402 g/mol. The van der Waals surface area contributed by atoms with Gasteiger partial charge in [0.1, 0.15) is 0 Å². The summed E-state index contributed by atoms with van der Waals surface area (Å²) in [6, 6.07) is 10.3. The molecule has 3 nitrogen and oxygen atoms in total. The fraction of sp³-hybridized carbons (Fsp3) is 0. The fourth-order valence-electron chi connectivity index (χ4n) is 1.49. The number of carbonyl (C=O) groups excluding carboxylic acids is 1. The number of nitrogen functional groups attached to an aromatic ring is 1. The van der Waals surface area contributed by atoms with E-state index in [4.69, 9.17) is 17.3 Å². The lowest BCUT2D eigenvalue weighted by Gasteiger charge is -2.08. The van der Waals surface area contributed by atoms with Crippen molar-refractivity contribution in [3.63, 3.8) is 0 Å². The summed E-state index contributed by atoms with van der Waals surface area (Å²) in [5.74, 6) is -0.221. The Morgan fingerprint density at radius 2 is 1.89 bits per heavy atom. The zero-order chi connectivity index (χ0) is 14.0. The lowest BCUT2D eigenvalue weighted by Crippen LogP contribution is -2.12. The van der Waals surface area contributed by atoms with Crippen LogP contribution < -0.4 is 11.1 Å². The molecule has 0 saturated heterocycles. The van der Waals surface area contributed by atoms with Gasteiger partial charge in [-0.1, -0.05) is 27.5 Å². The Kier molecular flexibility index (Phi) is 4.50. The van der Waals surface area contributed by atoms with Crippen LogP contribution in [0.1, 0.15) is 10.4 Å². The van der Waals surface area contributed by atoms with E-state index in [9.17, 15) is 4.79 Å². The van der Waals surface area contributed by atoms with Crippen LogP contribution in [-0.4, -0.2) is 5.91 Å². The number of benzene rings is 2. The van der Waals surface area contributed by atoms with Gasteiger partial charge in [-0.3, -0.25) is 4.79 Å². The SMILES string of the molecule is Nc1cc(NC(=O)c2ccc(Br)cc2Br)ccc1Cl. The molecule has 0 aromatic heterocycles. The standard InChI is InChI=1S/C13H9Br2ClN2O/c14-7-1-3-9(10(15)5-7)13(19)18-8-2-4-11(16)12(17)6-8/h1-6H,17H2,(H,18,19). The lowest BCUT2D eigenvalue weighted by atomic mass is 10.2. The summed E-state index contributed by atoms with van der Waals surface area (Å²) >= 11 is 12.5. The van der Waals surface area contributed by atoms with Gasteiger partial charge < -0.3 is 11.1 Å². The van der Waals surface area contributed by atoms with Crippen molar-refractivity contribution in [2.75, 3.05) is 11.1 Å². The Labute approximate surface area is 132 Å². The minimum Gasteiger partial charge on any atom is -0.397 e. The van der Waals surface area contributed by atoms with Gasteiger partial charge in [0.2, 0.25) is 0 Å². The van der Waals surface area contributed by atoms with Crippen molar-refractivity contribution in [1.29, 1.82) is 0 Å². The minimum atomic E-state index is -0.221. The van der Waals surface area contributed by atoms with Gasteiger partial charge in [-0.05, 0) is 52.3 Å². The second kappa shape index (κ2) is 5.94. The lowest BCUT2D eigenvalue weighted by molar-refractivity contribution is 0.102. The number of nitrogens with one attached hydrogen (secondary N) is 1. The average molecular weight is 404 g/mol. The first-order chi connectivity index (χ1) is 8.97. The van der Waals surface area contributed by atoms with Crippen molar-refractivity contribution in [3.8, 4) is 0 Å². The molecule has 0 heterocycles. The van der Waals surface area contributed by atoms with Crippen LogP contribution >= 0.6 is 43.5 Å². The van der Waals surface area contributed by atoms with Gasteiger partial charge in [-0.2, -0.15) is 0 Å². The summed E-state index contributed by atoms with van der Waals surface area (Å²) in [5, 5.41) is 3.22. The Hall–Kier alpha value is -1.04. The quantitative estimate of drug-likeness (QED) is 0.713. The molecular formula is C13H9Br2ClN2O. The predicted octanol–water partition coefficient (Wildman–Crippen LogP) is 4.70. The molecule has 0 saturated carbocycles. The van der Waals surface area contributed by atoms with E-state index in [1.165, 1.54) is 0 Å². The van der Waals surface area contributed by atoms with Crippen LogP contribution in [-0.2, 0) is 0 Å². The second-order valence-corrected chi connectivity index (χ2v) is 5.99. The molecule has 0 fully saturated rings. The molecular weight excluding hydrogens is 395 g/mol. The van der Waals surface area contributed by atoms with Crippen molar-refractivity contribution >= 4 is 60.7 Å². The van der Waals surface area contributed by atoms with E-state index < -0.39 is 0 Å². The molecule has 98 valence electrons. The molecule has 0 aliphatic heterocycles. The third-order valence-corrected chi connectivity index (χ3v) is 3.92. The maximum absolute atomic E-state index is 12.1. The normalized spacial score (nSPS) is 10.3. The molecule has 0 aliphatic rings. The number of rotatable bonds is 2. The number of nitrogens with two attached hydrogens (primary N) is 1. The number of amides is 1. The maximum Gasteiger partial charge on any atom is 0.256 e. The topological polar surface area (TPSA) is 55.1 Å². The first-order valence-corrected chi connectivity index (χ1v) is 7.25. The number of carbonyl (C=O) groups is 1. The molecule has 2 aromatic carbocycles. The third kappa shape index (κ3) is 3.49. The van der Waals surface area contributed by atoms with Crippen molar-refractivity contribution in [2.24, 2.45) is 0 Å². The van der Waals surface area contributed by atoms with Gasteiger partial charge in [-0.25, -0.2) is 0 Å². The van der Waals surface area contributed by atoms with Crippen molar-refractivity contribution in [1.82, 2.24) is 0 Å². The van der Waals surface area contributed by atoms with Gasteiger partial charge in [-0.15, -0.1) is 0 Å². The zero-order valence-electron chi connectivity index (χ0n) is 9.58. The molecule has 0 radical (unpaired) electrons. The highest BCUT2D eigenvalue weighted by atomic mass is 79.9. The predicted molar refractivity (Wildman–Crippen MR) is 85.7 cm³/mol. The molecule has 0 bridgehead atoms. The summed E-state index contributed by atoms with van der Waals surface area (Å²) in [4.78, 5) is 12.1. The smallest absolute Gasteiger partial charge is 0.256 e. The Morgan fingerprint density at radius 1 is 1.16 bits per heavy atom. The largest absolute Gasteiger partial charge is 0.397 e. The molecule has 2 rings (SSSR count). The first-order valence-electron chi connectivity index (χ1n) is 5.29. The van der Waals surface area contributed by atoms with Crippen molar-refractivity contribution in [2.45, 2.75) is 0 Å². The molecule has 0 aliphatic carbocycles. The van der Waals surface area contributed by atoms with E-state index in [0.717, 1.165) is 4.47 Å². The second-order valence-electron chi connectivity index (χ2n) is 3.81. The van der Waals surface area contributed by atoms with Crippen LogP contribution in [0.2, 0.25) is 5.02 Å². The molecule has 3 N–H and O–H groups in total. The molecule has 1 amide bonds. The van der Waals surface area contributed by atoms with E-state index in [2.05, 4.69) is 37.2 Å². The van der Waals surface area contributed by atoms with E-state index in [0.29, 0.717) is 26.4 Å². The van der Waals surface area contributed by atoms with E-state index in [1.54, 1.807) is 30.3 Å². The number of hydrogen-bond acceptors (Lipinski definition) is 2. The Bertz CT molecular complexity index is 647. The van der Waals surface area contributed by atoms with Crippen LogP contribution in [0.25, 0.3) is 0 Å². The summed E-state index contributed by atoms with van der Waals surface area (Å²) in [6.45, 7) is 0. The van der Waals surface area contributed by atoms with E-state index in [1.807, 2.05) is 6.07 Å². The van der Waals surface area contributed by atoms with Gasteiger partial charge in [0.15, 0.2) is 0 Å². The number of anilines is 2. The molecule has 0 unspecified atom stereocenters. The summed E-state index contributed by atoms with van der Waals surface area (Å²) < 4.78 is 1.60. The molecule has 6 heteroatoms. The molecule has 0 atom stereocenters. The molecule has 0 spiro atoms. The van der Waals surface area contributed by atoms with Crippen molar-refractivity contribution in [3.05, 3.63) is 55.9 Å². The van der Waals surface area contributed by atoms with Gasteiger partial charge in [0, 0.05) is 14.6 Å². The third-order valence-electron chi connectivity index (χ3n) is 2.43. The number of halogens is 3. The molecule has 2 aromatic rings. The van der Waals surface area contributed by atoms with Gasteiger partial charge in [0.25, 0.3) is 5.91 Å². The number of hydrogen-bond donors (Lipinski definition) is 2. The van der Waals surface area contributed by atoms with Crippen LogP contribution in [0.5, 0.6) is 0 Å². The van der Waals surface area contributed by atoms with Crippen LogP contribution in [0, 0.1) is 0 Å². The van der Waals surface area contributed by atoms with E-state index in [-0.39, 0.29) is 5.91 Å². The summed E-state index contributed by atoms with van der Waals surface area (Å²) in [6.07, 6.45) is 0. The Balaban J connectivity index is 2.23. The maximum atomic E-state index is 12.1. The summed E-state index contributed by atoms with van der Waals surface area (Å²) in [5.41, 5.74) is 7.25. The fourth-order valence-corrected chi connectivity index (χ4v) is 2.84. The van der Waals surface area contributed by atoms with Crippen LogP contribution in [0.15, 0.2) is 45.3 Å². The Morgan fingerprint density at radius 3 is 2.53 bits per heavy atom. The highest BCUT2D eigenvalue weighted by molar-refractivity contribution is 9.11. The summed E-state index contributed by atoms with van der Waals surface area (Å²) in [7, 11) is 0. The highest BCUT2D eigenvalue weighted by Crippen LogP contribution is 2.25. The van der Waals surface area contributed by atoms with Crippen molar-refractivity contribution < 1.29 is 4.79 Å². The van der Waals surface area contributed by atoms with E-state index >= 15 is 0 Å². The van der Waals surface area contributed by atoms with Gasteiger partial charge in [0.05, 0.1) is 16.3 Å². The van der Waals surface area contributed by atoms with Crippen LogP contribution in [0.3, 0.4) is 0 Å². The first kappa shape index (κ1) is 14.4. The molecule has 19 heavy (non-hydrogen) atoms. The van der Waals surface area contributed by atoms with Crippen LogP contribution in [0.4, 0.5) is 11.4 Å². The average Bonchev–Trinajstić information content (AvgIpc) is 2.33. The van der Waals surface area contributed by atoms with Gasteiger partial charge >= 0.3 is 0 Å².